The predicted octanol–water partition coefficient (Wildman–Crippen LogP) is 4.12. The number of ether oxygens (including phenoxy) is 1. The molecule has 0 radical (unpaired) electrons. The van der Waals surface area contributed by atoms with Crippen molar-refractivity contribution in [1.82, 2.24) is 0 Å². The van der Waals surface area contributed by atoms with E-state index in [0.717, 1.165) is 16.8 Å². The summed E-state index contributed by atoms with van der Waals surface area (Å²) in [7, 11) is -2.11. The maximum absolute atomic E-state index is 12.7. The van der Waals surface area contributed by atoms with Crippen LogP contribution in [0.15, 0.2) is 72.8 Å². The van der Waals surface area contributed by atoms with Crippen molar-refractivity contribution in [3.8, 4) is 5.75 Å². The first-order valence-electron chi connectivity index (χ1n) is 10.0. The average molecular weight is 437 g/mol. The highest BCUT2D eigenvalue weighted by Gasteiger charge is 2.25. The van der Waals surface area contributed by atoms with Crippen LogP contribution in [-0.2, 0) is 33.5 Å². The molecule has 0 fully saturated rings. The van der Waals surface area contributed by atoms with Gasteiger partial charge in [0.25, 0.3) is 0 Å². The molecule has 0 spiro atoms. The Morgan fingerprint density at radius 2 is 1.71 bits per heavy atom. The first-order chi connectivity index (χ1) is 14.9. The SMILES string of the molecule is COc1ccccc1CS(=O)(=O)Nc1ccc2c(c1)CCC(=O)N2Cc1ccccc1. The van der Waals surface area contributed by atoms with E-state index in [0.29, 0.717) is 36.4 Å². The van der Waals surface area contributed by atoms with E-state index >= 15 is 0 Å². The van der Waals surface area contributed by atoms with Gasteiger partial charge in [0.15, 0.2) is 0 Å². The normalized spacial score (nSPS) is 13.6. The number of hydrogen-bond acceptors (Lipinski definition) is 4. The standard InChI is InChI=1S/C24H24N2O4S/c1-30-23-10-6-5-9-20(23)17-31(28,29)25-21-12-13-22-19(15-21)11-14-24(27)26(22)16-18-7-3-2-4-8-18/h2-10,12-13,15,25H,11,14,16-17H2,1H3. The maximum Gasteiger partial charge on any atom is 0.237 e. The minimum absolute atomic E-state index is 0.0702. The van der Waals surface area contributed by atoms with Gasteiger partial charge in [-0.1, -0.05) is 48.5 Å². The Bertz CT molecular complexity index is 1190. The van der Waals surface area contributed by atoms with Gasteiger partial charge in [0, 0.05) is 23.4 Å². The Hall–Kier alpha value is -3.32. The fourth-order valence-electron chi connectivity index (χ4n) is 3.81. The summed E-state index contributed by atoms with van der Waals surface area (Å²) in [6.45, 7) is 0.492. The van der Waals surface area contributed by atoms with Gasteiger partial charge in [-0.15, -0.1) is 0 Å². The lowest BCUT2D eigenvalue weighted by Gasteiger charge is -2.30. The Morgan fingerprint density at radius 3 is 2.48 bits per heavy atom. The summed E-state index contributed by atoms with van der Waals surface area (Å²) in [5.41, 5.74) is 3.91. The molecular weight excluding hydrogens is 412 g/mol. The molecule has 1 N–H and O–H groups in total. The zero-order valence-electron chi connectivity index (χ0n) is 17.2. The number of anilines is 2. The number of amides is 1. The lowest BCUT2D eigenvalue weighted by Crippen LogP contribution is -2.34. The molecule has 7 heteroatoms. The van der Waals surface area contributed by atoms with Gasteiger partial charge in [-0.2, -0.15) is 0 Å². The van der Waals surface area contributed by atoms with Gasteiger partial charge in [-0.05, 0) is 41.8 Å². The van der Waals surface area contributed by atoms with Gasteiger partial charge in [0.2, 0.25) is 15.9 Å². The number of carbonyl (C=O) groups excluding carboxylic acids is 1. The largest absolute Gasteiger partial charge is 0.496 e. The lowest BCUT2D eigenvalue weighted by molar-refractivity contribution is -0.119. The van der Waals surface area contributed by atoms with Gasteiger partial charge in [-0.25, -0.2) is 8.42 Å². The molecular formula is C24H24N2O4S. The molecule has 0 aliphatic carbocycles. The van der Waals surface area contributed by atoms with Crippen molar-refractivity contribution in [3.63, 3.8) is 0 Å². The van der Waals surface area contributed by atoms with Crippen molar-refractivity contribution in [1.29, 1.82) is 0 Å². The average Bonchev–Trinajstić information content (AvgIpc) is 2.76. The Kier molecular flexibility index (Phi) is 5.95. The minimum atomic E-state index is -3.63. The summed E-state index contributed by atoms with van der Waals surface area (Å²) in [4.78, 5) is 14.3. The van der Waals surface area contributed by atoms with Crippen LogP contribution in [0.4, 0.5) is 11.4 Å². The first-order valence-corrected chi connectivity index (χ1v) is 11.7. The molecule has 1 heterocycles. The molecule has 0 bridgehead atoms. The van der Waals surface area contributed by atoms with E-state index in [1.165, 1.54) is 7.11 Å². The Morgan fingerprint density at radius 1 is 0.968 bits per heavy atom. The highest BCUT2D eigenvalue weighted by atomic mass is 32.2. The minimum Gasteiger partial charge on any atom is -0.496 e. The van der Waals surface area contributed by atoms with Gasteiger partial charge >= 0.3 is 0 Å². The van der Waals surface area contributed by atoms with E-state index in [2.05, 4.69) is 4.72 Å². The predicted molar refractivity (Wildman–Crippen MR) is 122 cm³/mol. The molecule has 160 valence electrons. The van der Waals surface area contributed by atoms with Crippen LogP contribution < -0.4 is 14.4 Å². The zero-order valence-corrected chi connectivity index (χ0v) is 18.1. The number of nitrogens with zero attached hydrogens (tertiary/aromatic N) is 1. The number of hydrogen-bond donors (Lipinski definition) is 1. The summed E-state index contributed by atoms with van der Waals surface area (Å²) < 4.78 is 33.4. The number of benzene rings is 3. The molecule has 0 atom stereocenters. The van der Waals surface area contributed by atoms with Crippen LogP contribution in [0, 0.1) is 0 Å². The zero-order chi connectivity index (χ0) is 21.8. The van der Waals surface area contributed by atoms with Gasteiger partial charge < -0.3 is 9.64 Å². The molecule has 4 rings (SSSR count). The highest BCUT2D eigenvalue weighted by Crippen LogP contribution is 2.32. The van der Waals surface area contributed by atoms with E-state index in [1.807, 2.05) is 42.5 Å². The van der Waals surface area contributed by atoms with Crippen LogP contribution in [0.25, 0.3) is 0 Å². The van der Waals surface area contributed by atoms with E-state index in [-0.39, 0.29) is 11.7 Å². The second-order valence-electron chi connectivity index (χ2n) is 7.48. The fraction of sp³-hybridized carbons (Fsp3) is 0.208. The number of fused-ring (bicyclic) bond motifs is 1. The second-order valence-corrected chi connectivity index (χ2v) is 9.20. The van der Waals surface area contributed by atoms with Crippen LogP contribution in [-0.4, -0.2) is 21.4 Å². The Labute approximate surface area is 182 Å². The van der Waals surface area contributed by atoms with Crippen LogP contribution >= 0.6 is 0 Å². The first kappa shape index (κ1) is 20.9. The number of methoxy groups -OCH3 is 1. The molecule has 31 heavy (non-hydrogen) atoms. The Balaban J connectivity index is 1.54. The van der Waals surface area contributed by atoms with Gasteiger partial charge in [0.05, 0.1) is 19.4 Å². The third-order valence-electron chi connectivity index (χ3n) is 5.27. The molecule has 0 saturated heterocycles. The lowest BCUT2D eigenvalue weighted by atomic mass is 10.00. The molecule has 3 aromatic carbocycles. The molecule has 0 aromatic heterocycles. The summed E-state index contributed by atoms with van der Waals surface area (Å²) in [6.07, 6.45) is 0.985. The number of para-hydroxylation sites is 1. The summed E-state index contributed by atoms with van der Waals surface area (Å²) in [5, 5.41) is 0. The maximum atomic E-state index is 12.7. The van der Waals surface area contributed by atoms with Crippen molar-refractivity contribution >= 4 is 27.3 Å². The van der Waals surface area contributed by atoms with E-state index in [9.17, 15) is 13.2 Å². The van der Waals surface area contributed by atoms with Crippen molar-refractivity contribution in [3.05, 3.63) is 89.5 Å². The van der Waals surface area contributed by atoms with E-state index in [1.54, 1.807) is 35.2 Å². The molecule has 3 aromatic rings. The quantitative estimate of drug-likeness (QED) is 0.605. The summed E-state index contributed by atoms with van der Waals surface area (Å²) in [6, 6.07) is 22.2. The van der Waals surface area contributed by atoms with Crippen LogP contribution in [0.2, 0.25) is 0 Å². The van der Waals surface area contributed by atoms with Gasteiger partial charge in [-0.3, -0.25) is 9.52 Å². The highest BCUT2D eigenvalue weighted by molar-refractivity contribution is 7.91. The second kappa shape index (κ2) is 8.81. The van der Waals surface area contributed by atoms with E-state index in [4.69, 9.17) is 4.74 Å². The summed E-state index contributed by atoms with van der Waals surface area (Å²) in [5.74, 6) is 0.418. The monoisotopic (exact) mass is 436 g/mol. The molecule has 1 aliphatic heterocycles. The number of sulfonamides is 1. The van der Waals surface area contributed by atoms with E-state index < -0.39 is 10.0 Å². The number of nitrogens with one attached hydrogen (secondary N) is 1. The van der Waals surface area contributed by atoms with Crippen molar-refractivity contribution in [2.24, 2.45) is 0 Å². The molecule has 0 unspecified atom stereocenters. The smallest absolute Gasteiger partial charge is 0.237 e. The third kappa shape index (κ3) is 4.88. The van der Waals surface area contributed by atoms with Crippen LogP contribution in [0.5, 0.6) is 5.75 Å². The number of carbonyl (C=O) groups is 1. The number of rotatable bonds is 7. The van der Waals surface area contributed by atoms with Crippen LogP contribution in [0.1, 0.15) is 23.1 Å². The van der Waals surface area contributed by atoms with Crippen LogP contribution in [0.3, 0.4) is 0 Å². The van der Waals surface area contributed by atoms with Gasteiger partial charge in [0.1, 0.15) is 5.75 Å². The molecule has 0 saturated carbocycles. The summed E-state index contributed by atoms with van der Waals surface area (Å²) >= 11 is 0. The van der Waals surface area contributed by atoms with Crippen molar-refractivity contribution < 1.29 is 17.9 Å². The topological polar surface area (TPSA) is 75.7 Å². The fourth-order valence-corrected chi connectivity index (χ4v) is 5.01. The van der Waals surface area contributed by atoms with Crippen molar-refractivity contribution in [2.75, 3.05) is 16.7 Å². The van der Waals surface area contributed by atoms with Crippen molar-refractivity contribution in [2.45, 2.75) is 25.1 Å². The molecule has 1 amide bonds. The third-order valence-corrected chi connectivity index (χ3v) is 6.51. The molecule has 6 nitrogen and oxygen atoms in total. The molecule has 1 aliphatic rings. The number of aryl methyl sites for hydroxylation is 1.